The largest absolute Gasteiger partial charge is 0.318 e. The highest BCUT2D eigenvalue weighted by atomic mass is 32.2. The lowest BCUT2D eigenvalue weighted by atomic mass is 10.1. The summed E-state index contributed by atoms with van der Waals surface area (Å²) in [6.45, 7) is 0.895. The van der Waals surface area contributed by atoms with Crippen LogP contribution in [0.4, 0.5) is 0 Å². The van der Waals surface area contributed by atoms with Crippen molar-refractivity contribution in [3.8, 4) is 11.3 Å². The van der Waals surface area contributed by atoms with Crippen molar-refractivity contribution in [2.45, 2.75) is 4.90 Å². The molecule has 0 aliphatic rings. The van der Waals surface area contributed by atoms with Crippen LogP contribution in [-0.4, -0.2) is 48.5 Å². The Morgan fingerprint density at radius 1 is 1.30 bits per heavy atom. The minimum atomic E-state index is -3.55. The average Bonchev–Trinajstić information content (AvgIpc) is 3.12. The van der Waals surface area contributed by atoms with E-state index in [1.807, 2.05) is 13.2 Å². The normalized spacial score (nSPS) is 12.1. The summed E-state index contributed by atoms with van der Waals surface area (Å²) in [6.07, 6.45) is 3.53. The molecule has 0 bridgehead atoms. The molecule has 9 heteroatoms. The Hall–Kier alpha value is -2.23. The zero-order valence-electron chi connectivity index (χ0n) is 12.9. The SMILES string of the molecule is CNCCNS(=O)(=O)c1ccc2[nH]nc(-c3cnn(C)c3)c2c1. The second kappa shape index (κ2) is 6.11. The number of nitrogens with zero attached hydrogens (tertiary/aromatic N) is 3. The molecule has 0 saturated heterocycles. The van der Waals surface area contributed by atoms with Gasteiger partial charge in [0, 0.05) is 37.3 Å². The van der Waals surface area contributed by atoms with Crippen LogP contribution in [0.2, 0.25) is 0 Å². The van der Waals surface area contributed by atoms with E-state index in [4.69, 9.17) is 0 Å². The van der Waals surface area contributed by atoms with Crippen LogP contribution >= 0.6 is 0 Å². The Morgan fingerprint density at radius 3 is 2.83 bits per heavy atom. The van der Waals surface area contributed by atoms with E-state index in [1.165, 1.54) is 0 Å². The van der Waals surface area contributed by atoms with Gasteiger partial charge in [0.15, 0.2) is 0 Å². The number of aromatic nitrogens is 4. The molecule has 3 N–H and O–H groups in total. The summed E-state index contributed by atoms with van der Waals surface area (Å²) < 4.78 is 28.9. The number of H-pyrrole nitrogens is 1. The molecule has 0 unspecified atom stereocenters. The molecular formula is C14H18N6O2S. The molecule has 0 amide bonds. The lowest BCUT2D eigenvalue weighted by molar-refractivity contribution is 0.579. The van der Waals surface area contributed by atoms with Gasteiger partial charge in [-0.1, -0.05) is 0 Å². The van der Waals surface area contributed by atoms with Gasteiger partial charge in [0.25, 0.3) is 0 Å². The van der Waals surface area contributed by atoms with E-state index in [9.17, 15) is 8.42 Å². The summed E-state index contributed by atoms with van der Waals surface area (Å²) in [6, 6.07) is 4.91. The van der Waals surface area contributed by atoms with Gasteiger partial charge < -0.3 is 5.32 Å². The molecule has 0 radical (unpaired) electrons. The van der Waals surface area contributed by atoms with Gasteiger partial charge in [-0.05, 0) is 25.2 Å². The van der Waals surface area contributed by atoms with Gasteiger partial charge in [-0.3, -0.25) is 9.78 Å². The molecule has 1 aromatic carbocycles. The maximum Gasteiger partial charge on any atom is 0.240 e. The molecule has 2 heterocycles. The first kappa shape index (κ1) is 15.7. The molecule has 0 aliphatic heterocycles. The zero-order valence-corrected chi connectivity index (χ0v) is 13.7. The van der Waals surface area contributed by atoms with Gasteiger partial charge in [0.2, 0.25) is 10.0 Å². The molecule has 3 aromatic rings. The fraction of sp³-hybridized carbons (Fsp3) is 0.286. The summed E-state index contributed by atoms with van der Waals surface area (Å²) in [7, 11) is 0.0411. The number of likely N-dealkylation sites (N-methyl/N-ethyl adjacent to an activating group) is 1. The van der Waals surface area contributed by atoms with Gasteiger partial charge in [0.05, 0.1) is 16.6 Å². The maximum atomic E-state index is 12.3. The predicted octanol–water partition coefficient (Wildman–Crippen LogP) is 0.461. The number of aryl methyl sites for hydroxylation is 1. The zero-order chi connectivity index (χ0) is 16.4. The van der Waals surface area contributed by atoms with Crippen molar-refractivity contribution in [2.75, 3.05) is 20.1 Å². The standard InChI is InChI=1S/C14H18N6O2S/c1-15-5-6-17-23(21,22)11-3-4-13-12(7-11)14(19-18-13)10-8-16-20(2)9-10/h3-4,7-9,15,17H,5-6H2,1-2H3,(H,18,19). The van der Waals surface area contributed by atoms with Crippen LogP contribution in [0.15, 0.2) is 35.5 Å². The van der Waals surface area contributed by atoms with Crippen LogP contribution in [0.3, 0.4) is 0 Å². The number of benzene rings is 1. The van der Waals surface area contributed by atoms with Gasteiger partial charge in [0.1, 0.15) is 5.69 Å². The van der Waals surface area contributed by atoms with Crippen molar-refractivity contribution in [3.05, 3.63) is 30.6 Å². The molecule has 0 aliphatic carbocycles. The highest BCUT2D eigenvalue weighted by Gasteiger charge is 2.17. The van der Waals surface area contributed by atoms with Gasteiger partial charge in [-0.2, -0.15) is 10.2 Å². The highest BCUT2D eigenvalue weighted by Crippen LogP contribution is 2.27. The fourth-order valence-electron chi connectivity index (χ4n) is 2.32. The van der Waals surface area contributed by atoms with Crippen LogP contribution in [0, 0.1) is 0 Å². The highest BCUT2D eigenvalue weighted by molar-refractivity contribution is 7.89. The summed E-state index contributed by atoms with van der Waals surface area (Å²) in [5, 5.41) is 15.0. The van der Waals surface area contributed by atoms with Crippen LogP contribution in [-0.2, 0) is 17.1 Å². The Balaban J connectivity index is 2.01. The quantitative estimate of drug-likeness (QED) is 0.568. The van der Waals surface area contributed by atoms with Crippen LogP contribution in [0.1, 0.15) is 0 Å². The van der Waals surface area contributed by atoms with E-state index >= 15 is 0 Å². The first-order chi connectivity index (χ1) is 11.0. The Morgan fingerprint density at radius 2 is 2.13 bits per heavy atom. The molecule has 122 valence electrons. The van der Waals surface area contributed by atoms with E-state index in [2.05, 4.69) is 25.3 Å². The Labute approximate surface area is 133 Å². The summed E-state index contributed by atoms with van der Waals surface area (Å²) in [4.78, 5) is 0.215. The minimum Gasteiger partial charge on any atom is -0.318 e. The second-order valence-electron chi connectivity index (χ2n) is 5.18. The molecule has 23 heavy (non-hydrogen) atoms. The predicted molar refractivity (Wildman–Crippen MR) is 87.4 cm³/mol. The molecule has 0 spiro atoms. The van der Waals surface area contributed by atoms with Gasteiger partial charge in [-0.25, -0.2) is 13.1 Å². The fourth-order valence-corrected chi connectivity index (χ4v) is 3.38. The number of hydrogen-bond acceptors (Lipinski definition) is 5. The first-order valence-corrected chi connectivity index (χ1v) is 8.61. The van der Waals surface area contributed by atoms with Gasteiger partial charge >= 0.3 is 0 Å². The van der Waals surface area contributed by atoms with E-state index in [0.717, 1.165) is 16.5 Å². The Kier molecular flexibility index (Phi) is 4.16. The number of nitrogens with one attached hydrogen (secondary N) is 3. The van der Waals surface area contributed by atoms with Crippen LogP contribution in [0.25, 0.3) is 22.2 Å². The molecule has 8 nitrogen and oxygen atoms in total. The average molecular weight is 334 g/mol. The summed E-state index contributed by atoms with van der Waals surface area (Å²) >= 11 is 0. The number of rotatable bonds is 6. The third kappa shape index (κ3) is 3.11. The van der Waals surface area contributed by atoms with E-state index in [0.29, 0.717) is 18.8 Å². The monoisotopic (exact) mass is 334 g/mol. The number of fused-ring (bicyclic) bond motifs is 1. The molecule has 3 rings (SSSR count). The summed E-state index contributed by atoms with van der Waals surface area (Å²) in [5.74, 6) is 0. The third-order valence-corrected chi connectivity index (χ3v) is 4.95. The van der Waals surface area contributed by atoms with E-state index in [1.54, 1.807) is 36.1 Å². The molecule has 2 aromatic heterocycles. The van der Waals surface area contributed by atoms with E-state index in [-0.39, 0.29) is 4.90 Å². The molecule has 0 saturated carbocycles. The van der Waals surface area contributed by atoms with Crippen molar-refractivity contribution < 1.29 is 8.42 Å². The van der Waals surface area contributed by atoms with Gasteiger partial charge in [-0.15, -0.1) is 0 Å². The first-order valence-electron chi connectivity index (χ1n) is 7.12. The van der Waals surface area contributed by atoms with Crippen LogP contribution in [0.5, 0.6) is 0 Å². The second-order valence-corrected chi connectivity index (χ2v) is 6.95. The molecular weight excluding hydrogens is 316 g/mol. The topological polar surface area (TPSA) is 105 Å². The minimum absolute atomic E-state index is 0.215. The van der Waals surface area contributed by atoms with Crippen molar-refractivity contribution >= 4 is 20.9 Å². The Bertz CT molecular complexity index is 928. The van der Waals surface area contributed by atoms with Crippen molar-refractivity contribution in [1.82, 2.24) is 30.0 Å². The van der Waals surface area contributed by atoms with Crippen molar-refractivity contribution in [1.29, 1.82) is 0 Å². The maximum absolute atomic E-state index is 12.3. The lowest BCUT2D eigenvalue weighted by Gasteiger charge is -2.06. The van der Waals surface area contributed by atoms with Crippen LogP contribution < -0.4 is 10.0 Å². The lowest BCUT2D eigenvalue weighted by Crippen LogP contribution is -2.30. The molecule has 0 atom stereocenters. The number of aromatic amines is 1. The van der Waals surface area contributed by atoms with E-state index < -0.39 is 10.0 Å². The van der Waals surface area contributed by atoms with Crippen molar-refractivity contribution in [3.63, 3.8) is 0 Å². The molecule has 0 fully saturated rings. The smallest absolute Gasteiger partial charge is 0.240 e. The summed E-state index contributed by atoms with van der Waals surface area (Å²) in [5.41, 5.74) is 2.29. The number of hydrogen-bond donors (Lipinski definition) is 3. The third-order valence-electron chi connectivity index (χ3n) is 3.49. The van der Waals surface area contributed by atoms with Crippen molar-refractivity contribution in [2.24, 2.45) is 7.05 Å². The number of sulfonamides is 1.